The average molecular weight is 201 g/mol. The molecule has 5 heteroatoms. The van der Waals surface area contributed by atoms with Crippen LogP contribution in [0.1, 0.15) is 25.7 Å². The van der Waals surface area contributed by atoms with E-state index in [0.29, 0.717) is 5.25 Å². The van der Waals surface area contributed by atoms with Gasteiger partial charge in [0.15, 0.2) is 0 Å². The molecule has 0 bridgehead atoms. The number of amides is 2. The number of nitrogens with two attached hydrogens (primary N) is 1. The Kier molecular flexibility index (Phi) is 4.08. The largest absolute Gasteiger partial charge is 0.350 e. The number of rotatable bonds is 2. The first-order valence-electron chi connectivity index (χ1n) is 4.38. The number of urea groups is 1. The first-order chi connectivity index (χ1) is 6.24. The number of hydrogen-bond acceptors (Lipinski definition) is 3. The van der Waals surface area contributed by atoms with E-state index in [1.807, 2.05) is 0 Å². The topological polar surface area (TPSA) is 67.5 Å². The number of carbonyl (C=O) groups excluding carboxylic acids is 1. The van der Waals surface area contributed by atoms with Crippen LogP contribution in [0.25, 0.3) is 0 Å². The summed E-state index contributed by atoms with van der Waals surface area (Å²) in [5.41, 5.74) is 8.29. The monoisotopic (exact) mass is 201 g/mol. The van der Waals surface area contributed by atoms with Crippen LogP contribution in [-0.2, 0) is 0 Å². The molecule has 1 unspecified atom stereocenters. The zero-order valence-corrected chi connectivity index (χ0v) is 8.56. The normalized spacial score (nSPS) is 25.9. The first kappa shape index (κ1) is 10.4. The van der Waals surface area contributed by atoms with E-state index in [1.54, 1.807) is 11.8 Å². The molecular weight excluding hydrogens is 186 g/mol. The van der Waals surface area contributed by atoms with Crippen molar-refractivity contribution in [1.82, 2.24) is 5.43 Å². The number of thioether (sulfide) groups is 1. The lowest BCUT2D eigenvalue weighted by Gasteiger charge is -2.21. The minimum absolute atomic E-state index is 0.459. The van der Waals surface area contributed by atoms with Gasteiger partial charge in [-0.2, -0.15) is 16.9 Å². The van der Waals surface area contributed by atoms with E-state index in [0.717, 1.165) is 25.0 Å². The molecule has 0 aromatic heterocycles. The molecule has 4 nitrogen and oxygen atoms in total. The van der Waals surface area contributed by atoms with Crippen molar-refractivity contribution in [2.45, 2.75) is 30.9 Å². The number of carbonyl (C=O) groups is 1. The second kappa shape index (κ2) is 5.11. The van der Waals surface area contributed by atoms with Crippen LogP contribution in [-0.4, -0.2) is 23.2 Å². The summed E-state index contributed by atoms with van der Waals surface area (Å²) in [6.45, 7) is 0. The minimum Gasteiger partial charge on any atom is -0.350 e. The highest BCUT2D eigenvalue weighted by atomic mass is 32.2. The maximum Gasteiger partial charge on any atom is 0.332 e. The lowest BCUT2D eigenvalue weighted by molar-refractivity contribution is 0.249. The smallest absolute Gasteiger partial charge is 0.332 e. The van der Waals surface area contributed by atoms with Crippen LogP contribution in [0, 0.1) is 0 Å². The zero-order valence-electron chi connectivity index (χ0n) is 7.75. The second-order valence-electron chi connectivity index (χ2n) is 3.05. The number of nitrogens with zero attached hydrogens (tertiary/aromatic N) is 1. The molecule has 0 saturated heterocycles. The van der Waals surface area contributed by atoms with Crippen molar-refractivity contribution >= 4 is 23.5 Å². The van der Waals surface area contributed by atoms with Crippen LogP contribution in [0.4, 0.5) is 4.79 Å². The molecule has 74 valence electrons. The Bertz CT molecular complexity index is 217. The van der Waals surface area contributed by atoms with Gasteiger partial charge in [-0.3, -0.25) is 0 Å². The van der Waals surface area contributed by atoms with E-state index in [9.17, 15) is 4.79 Å². The van der Waals surface area contributed by atoms with Gasteiger partial charge in [-0.1, -0.05) is 6.42 Å². The first-order valence-corrected chi connectivity index (χ1v) is 5.67. The number of hydrogen-bond donors (Lipinski definition) is 2. The summed E-state index contributed by atoms with van der Waals surface area (Å²) < 4.78 is 0. The van der Waals surface area contributed by atoms with Gasteiger partial charge in [-0.05, 0) is 25.5 Å². The Labute approximate surface area is 82.3 Å². The number of nitrogens with one attached hydrogen (secondary N) is 1. The quantitative estimate of drug-likeness (QED) is 0.661. The fourth-order valence-electron chi connectivity index (χ4n) is 1.47. The van der Waals surface area contributed by atoms with Crippen molar-refractivity contribution in [1.29, 1.82) is 0 Å². The fraction of sp³-hybridized carbons (Fsp3) is 0.750. The van der Waals surface area contributed by atoms with Crippen molar-refractivity contribution in [2.75, 3.05) is 6.26 Å². The van der Waals surface area contributed by atoms with Crippen molar-refractivity contribution in [3.63, 3.8) is 0 Å². The van der Waals surface area contributed by atoms with E-state index in [-0.39, 0.29) is 0 Å². The van der Waals surface area contributed by atoms with E-state index < -0.39 is 6.03 Å². The Morgan fingerprint density at radius 3 is 3.08 bits per heavy atom. The highest BCUT2D eigenvalue weighted by Gasteiger charge is 2.19. The van der Waals surface area contributed by atoms with Crippen LogP contribution in [0.2, 0.25) is 0 Å². The summed E-state index contributed by atoms with van der Waals surface area (Å²) >= 11 is 1.78. The third kappa shape index (κ3) is 3.26. The second-order valence-corrected chi connectivity index (χ2v) is 4.09. The number of hydrazone groups is 1. The van der Waals surface area contributed by atoms with E-state index in [1.165, 1.54) is 6.42 Å². The Morgan fingerprint density at radius 2 is 2.46 bits per heavy atom. The summed E-state index contributed by atoms with van der Waals surface area (Å²) in [6.07, 6.45) is 6.61. The van der Waals surface area contributed by atoms with Crippen molar-refractivity contribution in [3.05, 3.63) is 0 Å². The summed E-state index contributed by atoms with van der Waals surface area (Å²) in [5, 5.41) is 4.47. The molecule has 1 aliphatic rings. The lowest BCUT2D eigenvalue weighted by Crippen LogP contribution is -2.30. The molecule has 0 radical (unpaired) electrons. The summed E-state index contributed by atoms with van der Waals surface area (Å²) in [6, 6.07) is -0.585. The van der Waals surface area contributed by atoms with Gasteiger partial charge in [0.05, 0.1) is 5.71 Å². The molecule has 0 spiro atoms. The van der Waals surface area contributed by atoms with E-state index in [4.69, 9.17) is 5.73 Å². The van der Waals surface area contributed by atoms with Gasteiger partial charge in [-0.15, -0.1) is 0 Å². The molecule has 0 heterocycles. The third-order valence-electron chi connectivity index (χ3n) is 2.12. The van der Waals surface area contributed by atoms with Gasteiger partial charge < -0.3 is 5.73 Å². The Morgan fingerprint density at radius 1 is 1.69 bits per heavy atom. The SMILES string of the molecule is CSC1CCCC/C1=N\NC(N)=O. The van der Waals surface area contributed by atoms with Crippen LogP contribution in [0.3, 0.4) is 0 Å². The lowest BCUT2D eigenvalue weighted by atomic mass is 9.98. The van der Waals surface area contributed by atoms with Crippen molar-refractivity contribution in [2.24, 2.45) is 10.8 Å². The molecule has 1 aliphatic carbocycles. The predicted octanol–water partition coefficient (Wildman–Crippen LogP) is 1.32. The highest BCUT2D eigenvalue weighted by molar-refractivity contribution is 7.99. The van der Waals surface area contributed by atoms with Gasteiger partial charge in [0.1, 0.15) is 0 Å². The molecular formula is C8H15N3OS. The molecule has 1 fully saturated rings. The fourth-order valence-corrected chi connectivity index (χ4v) is 2.32. The maximum atomic E-state index is 10.4. The molecule has 1 saturated carbocycles. The van der Waals surface area contributed by atoms with Crippen LogP contribution in [0.5, 0.6) is 0 Å². The summed E-state index contributed by atoms with van der Waals surface area (Å²) in [7, 11) is 0. The molecule has 1 atom stereocenters. The van der Waals surface area contributed by atoms with Gasteiger partial charge in [-0.25, -0.2) is 10.2 Å². The average Bonchev–Trinajstić information content (AvgIpc) is 2.15. The van der Waals surface area contributed by atoms with Gasteiger partial charge in [0.2, 0.25) is 0 Å². The van der Waals surface area contributed by atoms with Gasteiger partial charge >= 0.3 is 6.03 Å². The van der Waals surface area contributed by atoms with Crippen molar-refractivity contribution in [3.8, 4) is 0 Å². The van der Waals surface area contributed by atoms with Gasteiger partial charge in [0, 0.05) is 5.25 Å². The third-order valence-corrected chi connectivity index (χ3v) is 3.19. The molecule has 0 aromatic carbocycles. The molecule has 0 aromatic rings. The Hall–Kier alpha value is -0.710. The molecule has 0 aliphatic heterocycles. The van der Waals surface area contributed by atoms with E-state index in [2.05, 4.69) is 16.8 Å². The van der Waals surface area contributed by atoms with E-state index >= 15 is 0 Å². The maximum absolute atomic E-state index is 10.4. The number of primary amides is 1. The minimum atomic E-state index is -0.585. The standard InChI is InChI=1S/C8H15N3OS/c1-13-7-5-3-2-4-6(7)10-11-8(9)12/h7H,2-5H2,1H3,(H3,9,11,12)/b10-6+. The van der Waals surface area contributed by atoms with Gasteiger partial charge in [0.25, 0.3) is 0 Å². The summed E-state index contributed by atoms with van der Waals surface area (Å²) in [5.74, 6) is 0. The van der Waals surface area contributed by atoms with Crippen LogP contribution >= 0.6 is 11.8 Å². The molecule has 2 amide bonds. The molecule has 3 N–H and O–H groups in total. The molecule has 1 rings (SSSR count). The molecule has 13 heavy (non-hydrogen) atoms. The zero-order chi connectivity index (χ0) is 9.68. The van der Waals surface area contributed by atoms with Crippen molar-refractivity contribution < 1.29 is 4.79 Å². The highest BCUT2D eigenvalue weighted by Crippen LogP contribution is 2.24. The van der Waals surface area contributed by atoms with Crippen LogP contribution in [0.15, 0.2) is 5.10 Å². The Balaban J connectivity index is 2.52. The predicted molar refractivity (Wildman–Crippen MR) is 55.9 cm³/mol. The summed E-state index contributed by atoms with van der Waals surface area (Å²) in [4.78, 5) is 10.4. The van der Waals surface area contributed by atoms with Crippen LogP contribution < -0.4 is 11.2 Å².